The number of unbranched alkanes of at least 4 members (excludes halogenated alkanes) is 15. The van der Waals surface area contributed by atoms with Gasteiger partial charge < -0.3 is 61.6 Å². The maximum Gasteiger partial charge on any atom is 0.343 e. The summed E-state index contributed by atoms with van der Waals surface area (Å²) in [6.07, 6.45) is 31.7. The summed E-state index contributed by atoms with van der Waals surface area (Å²) < 4.78 is 74.6. The predicted molar refractivity (Wildman–Crippen MR) is 445 cm³/mol. The van der Waals surface area contributed by atoms with Gasteiger partial charge in [-0.15, -0.1) is 0 Å². The van der Waals surface area contributed by atoms with Crippen molar-refractivity contribution < 1.29 is 90.3 Å². The molecule has 1 saturated heterocycles. The quantitative estimate of drug-likeness (QED) is 0.0116. The van der Waals surface area contributed by atoms with Crippen LogP contribution in [0.15, 0.2) is 122 Å². The van der Waals surface area contributed by atoms with Crippen molar-refractivity contribution in [2.75, 3.05) is 72.7 Å². The average molecular weight is 1580 g/mol. The third kappa shape index (κ3) is 39.3. The number of benzene rings is 5. The Kier molecular flexibility index (Phi) is 46.2. The summed E-state index contributed by atoms with van der Waals surface area (Å²) in [5, 5.41) is 0. The maximum atomic E-state index is 13.6. The zero-order valence-electron chi connectivity index (χ0n) is 69.3. The standard InChI is InChI=1S/C95H134O19/c1-6-30-73(3)33-34-74(4)77-39-51-84(52-40-77)113-75(5)78-41-47-82(48-42-78)102-61-19-8-12-23-65-106-90(97)59-60-92(99)109-68-26-15-11-22-64-105-88-56-55-86(72-87(88)95(101)112-71-28-17-16-27-69-110-93-32-18-29-70-111-93)104-63-21-10-14-25-67-108-91(98)58-57-89(96)107-66-24-13-9-20-62-103-83-49-45-81(46-50-83)94(100)114-85-53-43-80(44-54-85)79-37-35-76(31-7-2)36-38-79/h39-56,72-74,76,79,93H,5-38,57-71H2,1-4H3. The number of esters is 6. The van der Waals surface area contributed by atoms with E-state index in [4.69, 9.17) is 61.6 Å². The molecule has 1 heterocycles. The highest BCUT2D eigenvalue weighted by Crippen LogP contribution is 2.38. The second-order valence-corrected chi connectivity index (χ2v) is 30.8. The molecule has 2 aliphatic rings. The molecule has 0 amide bonds. The lowest BCUT2D eigenvalue weighted by Gasteiger charge is -2.28. The molecular formula is C95H134O19. The van der Waals surface area contributed by atoms with Crippen LogP contribution in [0.3, 0.4) is 0 Å². The molecule has 1 aliphatic heterocycles. The zero-order valence-corrected chi connectivity index (χ0v) is 69.3. The Morgan fingerprint density at radius 1 is 0.404 bits per heavy atom. The largest absolute Gasteiger partial charge is 0.494 e. The highest BCUT2D eigenvalue weighted by atomic mass is 16.7. The monoisotopic (exact) mass is 1580 g/mol. The lowest BCUT2D eigenvalue weighted by Crippen LogP contribution is -2.22. The third-order valence-corrected chi connectivity index (χ3v) is 21.2. The van der Waals surface area contributed by atoms with Gasteiger partial charge in [-0.25, -0.2) is 9.59 Å². The summed E-state index contributed by atoms with van der Waals surface area (Å²) >= 11 is 0. The Bertz CT molecular complexity index is 3490. The summed E-state index contributed by atoms with van der Waals surface area (Å²) in [6.45, 7) is 17.9. The molecule has 7 rings (SSSR count). The maximum absolute atomic E-state index is 13.6. The summed E-state index contributed by atoms with van der Waals surface area (Å²) in [7, 11) is 0. The Morgan fingerprint density at radius 3 is 1.33 bits per heavy atom. The summed E-state index contributed by atoms with van der Waals surface area (Å²) in [5.74, 6) is 4.39. The van der Waals surface area contributed by atoms with Crippen LogP contribution in [0.4, 0.5) is 0 Å². The Morgan fingerprint density at radius 2 is 0.842 bits per heavy atom. The minimum absolute atomic E-state index is 0.0290. The van der Waals surface area contributed by atoms with E-state index >= 15 is 0 Å². The van der Waals surface area contributed by atoms with Gasteiger partial charge in [0.1, 0.15) is 45.8 Å². The first-order valence-corrected chi connectivity index (χ1v) is 43.4. The first-order chi connectivity index (χ1) is 55.7. The van der Waals surface area contributed by atoms with E-state index in [2.05, 4.69) is 58.5 Å². The summed E-state index contributed by atoms with van der Waals surface area (Å²) in [4.78, 5) is 76.0. The fourth-order valence-corrected chi connectivity index (χ4v) is 14.2. The summed E-state index contributed by atoms with van der Waals surface area (Å²) in [5.41, 5.74) is 4.28. The average Bonchev–Trinajstić information content (AvgIpc) is 0.859. The molecule has 5 aromatic rings. The van der Waals surface area contributed by atoms with Crippen molar-refractivity contribution in [1.82, 2.24) is 0 Å². The lowest BCUT2D eigenvalue weighted by molar-refractivity contribution is -0.162. The molecule has 1 saturated carbocycles. The van der Waals surface area contributed by atoms with Gasteiger partial charge in [-0.2, -0.15) is 0 Å². The fourth-order valence-electron chi connectivity index (χ4n) is 14.2. The van der Waals surface area contributed by atoms with Gasteiger partial charge >= 0.3 is 35.8 Å². The molecule has 114 heavy (non-hydrogen) atoms. The zero-order chi connectivity index (χ0) is 80.8. The molecule has 19 heteroatoms. The van der Waals surface area contributed by atoms with E-state index in [0.29, 0.717) is 111 Å². The number of rotatable bonds is 61. The van der Waals surface area contributed by atoms with Gasteiger partial charge in [-0.3, -0.25) is 19.2 Å². The number of carbonyl (C=O) groups is 6. The van der Waals surface area contributed by atoms with Crippen LogP contribution in [-0.2, 0) is 52.3 Å². The molecule has 0 N–H and O–H groups in total. The highest BCUT2D eigenvalue weighted by Gasteiger charge is 2.24. The van der Waals surface area contributed by atoms with Crippen molar-refractivity contribution >= 4 is 41.6 Å². The molecule has 2 fully saturated rings. The third-order valence-electron chi connectivity index (χ3n) is 21.2. The van der Waals surface area contributed by atoms with Crippen molar-refractivity contribution in [2.45, 2.75) is 283 Å². The number of hydrogen-bond acceptors (Lipinski definition) is 19. The normalized spacial score (nSPS) is 15.2. The molecular weight excluding hydrogens is 1450 g/mol. The van der Waals surface area contributed by atoms with Crippen LogP contribution in [0.1, 0.15) is 315 Å². The number of carbonyl (C=O) groups excluding carboxylic acids is 6. The number of hydrogen-bond donors (Lipinski definition) is 0. The smallest absolute Gasteiger partial charge is 0.343 e. The van der Waals surface area contributed by atoms with Crippen molar-refractivity contribution in [3.05, 3.63) is 150 Å². The van der Waals surface area contributed by atoms with Gasteiger partial charge in [0.15, 0.2) is 6.29 Å². The van der Waals surface area contributed by atoms with E-state index in [9.17, 15) is 28.8 Å². The molecule has 3 unspecified atom stereocenters. The van der Waals surface area contributed by atoms with Gasteiger partial charge in [-0.05, 0) is 299 Å². The molecule has 0 bridgehead atoms. The topological polar surface area (TPSA) is 222 Å². The fraction of sp³-hybridized carbons (Fsp3) is 0.600. The first kappa shape index (κ1) is 92.7. The molecule has 0 aromatic heterocycles. The van der Waals surface area contributed by atoms with Crippen molar-refractivity contribution in [3.8, 4) is 34.5 Å². The van der Waals surface area contributed by atoms with Crippen LogP contribution in [-0.4, -0.2) is 115 Å². The number of ether oxygens (including phenoxy) is 13. The van der Waals surface area contributed by atoms with Gasteiger partial charge in [0, 0.05) is 18.8 Å². The van der Waals surface area contributed by atoms with Crippen molar-refractivity contribution in [1.29, 1.82) is 0 Å². The van der Waals surface area contributed by atoms with Gasteiger partial charge in [0.05, 0.1) is 90.7 Å². The molecule has 5 aromatic carbocycles. The van der Waals surface area contributed by atoms with Crippen molar-refractivity contribution in [2.24, 2.45) is 11.8 Å². The molecule has 628 valence electrons. The van der Waals surface area contributed by atoms with Gasteiger partial charge in [-0.1, -0.05) is 97.1 Å². The Balaban J connectivity index is 0.663. The Hall–Kier alpha value is -8.42. The van der Waals surface area contributed by atoms with E-state index in [1.807, 2.05) is 48.5 Å². The highest BCUT2D eigenvalue weighted by molar-refractivity contribution is 5.93. The first-order valence-electron chi connectivity index (χ1n) is 43.4. The van der Waals surface area contributed by atoms with E-state index in [-0.39, 0.29) is 64.0 Å². The van der Waals surface area contributed by atoms with Gasteiger partial charge in [0.25, 0.3) is 0 Å². The van der Waals surface area contributed by atoms with E-state index in [0.717, 1.165) is 158 Å². The van der Waals surface area contributed by atoms with E-state index in [1.165, 1.54) is 75.3 Å². The van der Waals surface area contributed by atoms with Gasteiger partial charge in [0.2, 0.25) is 0 Å². The molecule has 3 atom stereocenters. The van der Waals surface area contributed by atoms with Crippen molar-refractivity contribution in [3.63, 3.8) is 0 Å². The molecule has 1 aliphatic carbocycles. The van der Waals surface area contributed by atoms with Crippen LogP contribution >= 0.6 is 0 Å². The molecule has 0 spiro atoms. The van der Waals surface area contributed by atoms with Crippen LogP contribution in [0.2, 0.25) is 0 Å². The molecule has 19 nitrogen and oxygen atoms in total. The lowest BCUT2D eigenvalue weighted by atomic mass is 9.77. The Labute approximate surface area is 680 Å². The second kappa shape index (κ2) is 56.8. The second-order valence-electron chi connectivity index (χ2n) is 30.8. The SMILES string of the molecule is C=C(Oc1ccc(C(C)CCC(C)CCC)cc1)c1ccc(OCCCCCCOC(=O)CCC(=O)OCCCCCCOc2ccc(OCCCCCCOC(=O)CCC(=O)OCCCCCCOc3ccc(C(=O)Oc4ccc(C5CCC(CCC)CC5)cc4)cc3)cc2C(=O)OCCCCCCOC2CCCCO2)cc1. The minimum atomic E-state index is -0.485. The van der Waals surface area contributed by atoms with Crippen LogP contribution < -0.4 is 28.4 Å². The minimum Gasteiger partial charge on any atom is -0.494 e. The van der Waals surface area contributed by atoms with Crippen LogP contribution in [0.5, 0.6) is 34.5 Å². The van der Waals surface area contributed by atoms with Crippen LogP contribution in [0, 0.1) is 11.8 Å². The summed E-state index contributed by atoms with van der Waals surface area (Å²) in [6, 6.07) is 36.3. The molecule has 0 radical (unpaired) electrons. The van der Waals surface area contributed by atoms with E-state index in [1.54, 1.807) is 42.5 Å². The van der Waals surface area contributed by atoms with E-state index < -0.39 is 35.8 Å². The van der Waals surface area contributed by atoms with Crippen LogP contribution in [0.25, 0.3) is 5.76 Å². The predicted octanol–water partition coefficient (Wildman–Crippen LogP) is 22.5.